The summed E-state index contributed by atoms with van der Waals surface area (Å²) in [6, 6.07) is -0.882. The molecule has 0 aliphatic heterocycles. The number of unbranched alkanes of at least 4 members (excludes halogenated alkanes) is 41. The van der Waals surface area contributed by atoms with Gasteiger partial charge in [-0.1, -0.05) is 289 Å². The Kier molecular flexibility index (Phi) is 56.1. The summed E-state index contributed by atoms with van der Waals surface area (Å²) >= 11 is 0. The molecule has 77 heavy (non-hydrogen) atoms. The number of nitrogens with one attached hydrogen (secondary N) is 1. The van der Waals surface area contributed by atoms with Gasteiger partial charge < -0.3 is 28.5 Å². The quantitative estimate of drug-likeness (QED) is 0.0212. The van der Waals surface area contributed by atoms with Crippen molar-refractivity contribution in [2.45, 2.75) is 341 Å². The number of ether oxygens (including phenoxy) is 1. The molecule has 0 rings (SSSR count). The van der Waals surface area contributed by atoms with Crippen molar-refractivity contribution in [2.75, 3.05) is 40.9 Å². The smallest absolute Gasteiger partial charge is 0.306 e. The van der Waals surface area contributed by atoms with Crippen molar-refractivity contribution in [3.05, 3.63) is 36.5 Å². The summed E-state index contributed by atoms with van der Waals surface area (Å²) in [4.78, 5) is 40.0. The Bertz CT molecular complexity index is 1410. The number of esters is 1. The van der Waals surface area contributed by atoms with E-state index < -0.39 is 20.0 Å². The van der Waals surface area contributed by atoms with E-state index >= 15 is 0 Å². The van der Waals surface area contributed by atoms with E-state index in [-0.39, 0.29) is 31.5 Å². The van der Waals surface area contributed by atoms with Gasteiger partial charge in [0, 0.05) is 12.8 Å². The third-order valence-corrected chi connectivity index (χ3v) is 16.0. The molecule has 10 heteroatoms. The van der Waals surface area contributed by atoms with Crippen LogP contribution in [0.1, 0.15) is 329 Å². The van der Waals surface area contributed by atoms with Gasteiger partial charge in [0.25, 0.3) is 7.82 Å². The molecule has 0 saturated heterocycles. The largest absolute Gasteiger partial charge is 0.756 e. The molecule has 0 aromatic carbocycles. The zero-order valence-electron chi connectivity index (χ0n) is 51.9. The summed E-state index contributed by atoms with van der Waals surface area (Å²) in [5.74, 6) is -0.525. The zero-order chi connectivity index (χ0) is 56.4. The van der Waals surface area contributed by atoms with E-state index in [4.69, 9.17) is 13.8 Å². The second kappa shape index (κ2) is 57.5. The lowest BCUT2D eigenvalue weighted by molar-refractivity contribution is -0.870. The highest BCUT2D eigenvalue weighted by Gasteiger charge is 2.27. The molecular weight excluding hydrogens is 976 g/mol. The minimum absolute atomic E-state index is 0.0189. The predicted molar refractivity (Wildman–Crippen MR) is 330 cm³/mol. The minimum atomic E-state index is -4.69. The fourth-order valence-electron chi connectivity index (χ4n) is 9.91. The molecule has 9 nitrogen and oxygen atoms in total. The highest BCUT2D eigenvalue weighted by molar-refractivity contribution is 7.45. The molecule has 1 N–H and O–H groups in total. The van der Waals surface area contributed by atoms with Crippen LogP contribution in [0.15, 0.2) is 36.5 Å². The molecule has 0 aliphatic carbocycles. The Morgan fingerprint density at radius 1 is 0.455 bits per heavy atom. The molecular formula is C67H129N2O7P. The van der Waals surface area contributed by atoms with Crippen LogP contribution in [0.2, 0.25) is 0 Å². The predicted octanol–water partition coefficient (Wildman–Crippen LogP) is 20.0. The Balaban J connectivity index is 4.96. The lowest BCUT2D eigenvalue weighted by Crippen LogP contribution is -2.47. The van der Waals surface area contributed by atoms with Crippen LogP contribution in [-0.2, 0) is 27.9 Å². The molecule has 3 unspecified atom stereocenters. The fraction of sp³-hybridized carbons (Fsp3) is 0.881. The van der Waals surface area contributed by atoms with Crippen molar-refractivity contribution < 1.29 is 37.3 Å². The number of carbonyl (C=O) groups excluding carboxylic acids is 2. The highest BCUT2D eigenvalue weighted by Crippen LogP contribution is 2.38. The van der Waals surface area contributed by atoms with Gasteiger partial charge in [-0.2, -0.15) is 0 Å². The Hall–Kier alpha value is -1.77. The number of phosphoric ester groups is 1. The fourth-order valence-corrected chi connectivity index (χ4v) is 10.6. The monoisotopic (exact) mass is 1100 g/mol. The summed E-state index contributed by atoms with van der Waals surface area (Å²) in [6.45, 7) is 6.85. The van der Waals surface area contributed by atoms with Crippen LogP contribution in [0, 0.1) is 0 Å². The average molecular weight is 1110 g/mol. The molecule has 0 heterocycles. The molecule has 1 amide bonds. The van der Waals surface area contributed by atoms with Crippen molar-refractivity contribution in [3.63, 3.8) is 0 Å². The highest BCUT2D eigenvalue weighted by atomic mass is 31.2. The van der Waals surface area contributed by atoms with Crippen LogP contribution >= 0.6 is 7.82 Å². The van der Waals surface area contributed by atoms with Crippen LogP contribution < -0.4 is 10.2 Å². The number of amides is 1. The molecule has 0 spiro atoms. The Labute approximate surface area is 478 Å². The first-order chi connectivity index (χ1) is 37.4. The SMILES string of the molecule is CCCCC/C=C\C/C=C\CCCCCCCCCCCCCCCCCCCC(=O)NC(COP(=O)([O-])OCC[N+](C)(C)C)C(/C=C/CCCCCCCCCCCCC)OC(=O)CCCCCCCCCCCCC. The second-order valence-corrected chi connectivity index (χ2v) is 25.4. The first-order valence-corrected chi connectivity index (χ1v) is 34.8. The number of nitrogens with zero attached hydrogens (tertiary/aromatic N) is 1. The first-order valence-electron chi connectivity index (χ1n) is 33.3. The molecule has 0 saturated carbocycles. The van der Waals surface area contributed by atoms with Crippen LogP contribution in [0.25, 0.3) is 0 Å². The lowest BCUT2D eigenvalue weighted by Gasteiger charge is -2.30. The average Bonchev–Trinajstić information content (AvgIpc) is 3.39. The first kappa shape index (κ1) is 75.2. The van der Waals surface area contributed by atoms with E-state index in [9.17, 15) is 19.0 Å². The van der Waals surface area contributed by atoms with E-state index in [2.05, 4.69) is 50.4 Å². The second-order valence-electron chi connectivity index (χ2n) is 24.0. The number of hydrogen-bond acceptors (Lipinski definition) is 7. The van der Waals surface area contributed by atoms with Crippen molar-refractivity contribution >= 4 is 19.7 Å². The number of allylic oxidation sites excluding steroid dienone is 5. The van der Waals surface area contributed by atoms with Gasteiger partial charge in [-0.05, 0) is 63.9 Å². The summed E-state index contributed by atoms with van der Waals surface area (Å²) in [5.41, 5.74) is 0. The number of likely N-dealkylation sites (N-methyl/N-ethyl adjacent to an activating group) is 1. The zero-order valence-corrected chi connectivity index (χ0v) is 52.8. The summed E-state index contributed by atoms with van der Waals surface area (Å²) in [7, 11) is 1.20. The van der Waals surface area contributed by atoms with Crippen molar-refractivity contribution in [3.8, 4) is 0 Å². The Morgan fingerprint density at radius 2 is 0.792 bits per heavy atom. The van der Waals surface area contributed by atoms with Gasteiger partial charge in [-0.15, -0.1) is 0 Å². The molecule has 3 atom stereocenters. The van der Waals surface area contributed by atoms with Gasteiger partial charge in [-0.25, -0.2) is 0 Å². The molecule has 0 bridgehead atoms. The summed E-state index contributed by atoms with van der Waals surface area (Å²) < 4.78 is 30.3. The maximum Gasteiger partial charge on any atom is 0.306 e. The van der Waals surface area contributed by atoms with Crippen LogP contribution in [0.4, 0.5) is 0 Å². The van der Waals surface area contributed by atoms with E-state index in [1.165, 1.54) is 231 Å². The summed E-state index contributed by atoms with van der Waals surface area (Å²) in [5, 5.41) is 3.04. The van der Waals surface area contributed by atoms with Gasteiger partial charge in [-0.3, -0.25) is 14.2 Å². The normalized spacial score (nSPS) is 13.8. The maximum atomic E-state index is 13.6. The van der Waals surface area contributed by atoms with Crippen molar-refractivity contribution in [2.24, 2.45) is 0 Å². The minimum Gasteiger partial charge on any atom is -0.756 e. The molecule has 0 aromatic rings. The van der Waals surface area contributed by atoms with Crippen LogP contribution in [0.3, 0.4) is 0 Å². The standard InChI is InChI=1S/C67H129N2O7P/c1-7-10-13-16-19-22-25-27-28-29-30-31-32-33-34-35-36-37-38-39-40-42-45-47-50-53-56-59-66(70)68-64(63-75-77(72,73)74-62-61-69(4,5)6)65(58-55-52-49-46-44-41-26-23-20-17-14-11-8-2)76-67(71)60-57-54-51-48-43-24-21-18-15-12-9-3/h19,22,27-28,55,58,64-65H,7-18,20-21,23-26,29-54,56-57,59-63H2,1-6H3,(H-,68,70,72,73)/b22-19-,28-27-,58-55+. The van der Waals surface area contributed by atoms with Crippen LogP contribution in [-0.4, -0.2) is 69.4 Å². The molecule has 0 radical (unpaired) electrons. The van der Waals surface area contributed by atoms with E-state index in [0.29, 0.717) is 17.4 Å². The Morgan fingerprint density at radius 3 is 1.19 bits per heavy atom. The van der Waals surface area contributed by atoms with Gasteiger partial charge in [0.1, 0.15) is 19.3 Å². The molecule has 454 valence electrons. The summed E-state index contributed by atoms with van der Waals surface area (Å²) in [6.07, 6.45) is 69.8. The van der Waals surface area contributed by atoms with Gasteiger partial charge in [0.05, 0.1) is 33.8 Å². The third kappa shape index (κ3) is 58.7. The number of carbonyl (C=O) groups is 2. The van der Waals surface area contributed by atoms with Crippen molar-refractivity contribution in [1.29, 1.82) is 0 Å². The number of quaternary nitrogens is 1. The van der Waals surface area contributed by atoms with E-state index in [1.807, 2.05) is 33.3 Å². The topological polar surface area (TPSA) is 114 Å². The number of hydrogen-bond donors (Lipinski definition) is 1. The molecule has 0 aliphatic rings. The number of phosphoric acid groups is 1. The molecule has 0 aromatic heterocycles. The number of rotatable bonds is 61. The van der Waals surface area contributed by atoms with Gasteiger partial charge in [0.2, 0.25) is 5.91 Å². The van der Waals surface area contributed by atoms with E-state index in [0.717, 1.165) is 64.2 Å². The van der Waals surface area contributed by atoms with Crippen LogP contribution in [0.5, 0.6) is 0 Å². The molecule has 0 fully saturated rings. The van der Waals surface area contributed by atoms with Gasteiger partial charge in [0.15, 0.2) is 0 Å². The third-order valence-electron chi connectivity index (χ3n) is 15.1. The van der Waals surface area contributed by atoms with E-state index in [1.54, 1.807) is 0 Å². The lowest BCUT2D eigenvalue weighted by atomic mass is 10.0. The van der Waals surface area contributed by atoms with Gasteiger partial charge >= 0.3 is 5.97 Å². The maximum absolute atomic E-state index is 13.6. The van der Waals surface area contributed by atoms with Crippen molar-refractivity contribution in [1.82, 2.24) is 5.32 Å².